The molecule has 0 saturated carbocycles. The van der Waals surface area contributed by atoms with Gasteiger partial charge in [-0.2, -0.15) is 4.98 Å². The molecule has 0 aliphatic carbocycles. The number of ether oxygens (including phenoxy) is 1. The standard InChI is InChI=1S/C18H21N5O2/c1-24-16-5-3-2-4-15(16)18-21-17(22-25-18)13-6-8-23(9-7-13)11-14-10-19-12-20-14/h2-5,10,12-13H,6-9,11H2,1H3,(H,19,20). The normalized spacial score (nSPS) is 16.2. The van der Waals surface area contributed by atoms with Gasteiger partial charge in [0.1, 0.15) is 5.75 Å². The maximum atomic E-state index is 5.49. The van der Waals surface area contributed by atoms with Gasteiger partial charge in [0, 0.05) is 24.4 Å². The lowest BCUT2D eigenvalue weighted by atomic mass is 9.96. The van der Waals surface area contributed by atoms with E-state index in [1.54, 1.807) is 13.4 Å². The number of hydrogen-bond acceptors (Lipinski definition) is 6. The van der Waals surface area contributed by atoms with Crippen molar-refractivity contribution in [1.82, 2.24) is 25.0 Å². The van der Waals surface area contributed by atoms with Gasteiger partial charge in [0.15, 0.2) is 5.82 Å². The van der Waals surface area contributed by atoms with E-state index in [9.17, 15) is 0 Å². The van der Waals surface area contributed by atoms with E-state index in [-0.39, 0.29) is 0 Å². The fraction of sp³-hybridized carbons (Fsp3) is 0.389. The predicted octanol–water partition coefficient (Wildman–Crippen LogP) is 2.85. The Bertz CT molecular complexity index is 807. The van der Waals surface area contributed by atoms with Crippen LogP contribution < -0.4 is 4.74 Å². The van der Waals surface area contributed by atoms with Crippen LogP contribution in [0.15, 0.2) is 41.3 Å². The van der Waals surface area contributed by atoms with E-state index in [1.807, 2.05) is 30.5 Å². The first-order valence-corrected chi connectivity index (χ1v) is 8.50. The van der Waals surface area contributed by atoms with Crippen LogP contribution in [0.2, 0.25) is 0 Å². The second-order valence-corrected chi connectivity index (χ2v) is 6.29. The predicted molar refractivity (Wildman–Crippen MR) is 92.1 cm³/mol. The molecule has 1 aromatic carbocycles. The molecular weight excluding hydrogens is 318 g/mol. The van der Waals surface area contributed by atoms with Crippen molar-refractivity contribution in [2.75, 3.05) is 20.2 Å². The van der Waals surface area contributed by atoms with E-state index in [0.29, 0.717) is 11.8 Å². The van der Waals surface area contributed by atoms with Crippen LogP contribution in [0.5, 0.6) is 5.75 Å². The fourth-order valence-electron chi connectivity index (χ4n) is 3.29. The van der Waals surface area contributed by atoms with Crippen molar-refractivity contribution >= 4 is 0 Å². The van der Waals surface area contributed by atoms with Gasteiger partial charge < -0.3 is 14.2 Å². The summed E-state index contributed by atoms with van der Waals surface area (Å²) in [6, 6.07) is 7.70. The Hall–Kier alpha value is -2.67. The molecular formula is C18H21N5O2. The first-order chi connectivity index (χ1) is 12.3. The lowest BCUT2D eigenvalue weighted by Crippen LogP contribution is -2.32. The molecule has 4 rings (SSSR count). The van der Waals surface area contributed by atoms with E-state index in [0.717, 1.165) is 55.3 Å². The SMILES string of the molecule is COc1ccccc1-c1nc(C2CCN(Cc3cnc[nH]3)CC2)no1. The maximum Gasteiger partial charge on any atom is 0.261 e. The minimum atomic E-state index is 0.338. The molecule has 0 amide bonds. The van der Waals surface area contributed by atoms with Crippen LogP contribution in [-0.2, 0) is 6.54 Å². The number of H-pyrrole nitrogens is 1. The molecule has 0 spiro atoms. The molecule has 1 aliphatic heterocycles. The van der Waals surface area contributed by atoms with Crippen molar-refractivity contribution in [2.24, 2.45) is 0 Å². The van der Waals surface area contributed by atoms with Gasteiger partial charge in [0.05, 0.1) is 19.0 Å². The van der Waals surface area contributed by atoms with Gasteiger partial charge in [-0.1, -0.05) is 17.3 Å². The molecule has 7 nitrogen and oxygen atoms in total. The van der Waals surface area contributed by atoms with E-state index < -0.39 is 0 Å². The van der Waals surface area contributed by atoms with E-state index >= 15 is 0 Å². The highest BCUT2D eigenvalue weighted by Crippen LogP contribution is 2.31. The zero-order valence-corrected chi connectivity index (χ0v) is 14.2. The molecule has 0 bridgehead atoms. The summed E-state index contributed by atoms with van der Waals surface area (Å²) in [5.74, 6) is 2.40. The molecule has 25 heavy (non-hydrogen) atoms. The van der Waals surface area contributed by atoms with Gasteiger partial charge in [-0.05, 0) is 38.1 Å². The lowest BCUT2D eigenvalue weighted by molar-refractivity contribution is 0.198. The molecule has 2 aromatic heterocycles. The number of imidazole rings is 1. The van der Waals surface area contributed by atoms with E-state index in [1.165, 1.54) is 0 Å². The van der Waals surface area contributed by atoms with Gasteiger partial charge in [-0.25, -0.2) is 4.98 Å². The number of aromatic amines is 1. The quantitative estimate of drug-likeness (QED) is 0.770. The van der Waals surface area contributed by atoms with Crippen LogP contribution in [0.3, 0.4) is 0 Å². The molecule has 1 saturated heterocycles. The van der Waals surface area contributed by atoms with Crippen LogP contribution in [0.4, 0.5) is 0 Å². The molecule has 3 heterocycles. The van der Waals surface area contributed by atoms with Crippen molar-refractivity contribution in [3.8, 4) is 17.2 Å². The van der Waals surface area contributed by atoms with Gasteiger partial charge >= 0.3 is 0 Å². The zero-order valence-electron chi connectivity index (χ0n) is 14.2. The van der Waals surface area contributed by atoms with Crippen molar-refractivity contribution in [1.29, 1.82) is 0 Å². The molecule has 0 atom stereocenters. The molecule has 0 radical (unpaired) electrons. The van der Waals surface area contributed by atoms with E-state index in [2.05, 4.69) is 25.0 Å². The number of methoxy groups -OCH3 is 1. The lowest BCUT2D eigenvalue weighted by Gasteiger charge is -2.29. The maximum absolute atomic E-state index is 5.49. The number of para-hydroxylation sites is 1. The number of nitrogens with one attached hydrogen (secondary N) is 1. The summed E-state index contributed by atoms with van der Waals surface area (Å²) in [7, 11) is 1.64. The highest BCUT2D eigenvalue weighted by molar-refractivity contribution is 5.62. The number of rotatable bonds is 5. The molecule has 7 heteroatoms. The van der Waals surface area contributed by atoms with Crippen LogP contribution in [-0.4, -0.2) is 45.2 Å². The second-order valence-electron chi connectivity index (χ2n) is 6.29. The summed E-state index contributed by atoms with van der Waals surface area (Å²) < 4.78 is 10.9. The molecule has 0 unspecified atom stereocenters. The number of likely N-dealkylation sites (tertiary alicyclic amines) is 1. The van der Waals surface area contributed by atoms with Crippen LogP contribution in [0, 0.1) is 0 Å². The summed E-state index contributed by atoms with van der Waals surface area (Å²) in [5.41, 5.74) is 1.98. The van der Waals surface area contributed by atoms with Gasteiger partial charge in [0.25, 0.3) is 5.89 Å². The highest BCUT2D eigenvalue weighted by atomic mass is 16.5. The van der Waals surface area contributed by atoms with Crippen LogP contribution in [0.1, 0.15) is 30.3 Å². The zero-order chi connectivity index (χ0) is 17.1. The smallest absolute Gasteiger partial charge is 0.261 e. The number of nitrogens with zero attached hydrogens (tertiary/aromatic N) is 4. The Kier molecular flexibility index (Phi) is 4.47. The molecule has 1 N–H and O–H groups in total. The summed E-state index contributed by atoms with van der Waals surface area (Å²) in [6.45, 7) is 2.94. The topological polar surface area (TPSA) is 80.1 Å². The van der Waals surface area contributed by atoms with Gasteiger partial charge in [-0.3, -0.25) is 4.90 Å². The van der Waals surface area contributed by atoms with Crippen molar-refractivity contribution in [3.63, 3.8) is 0 Å². The van der Waals surface area contributed by atoms with Crippen molar-refractivity contribution in [3.05, 3.63) is 48.3 Å². The number of aromatic nitrogens is 4. The molecule has 130 valence electrons. The average Bonchev–Trinajstić information content (AvgIpc) is 3.34. The van der Waals surface area contributed by atoms with Crippen LogP contribution in [0.25, 0.3) is 11.5 Å². The number of benzene rings is 1. The number of piperidine rings is 1. The summed E-state index contributed by atoms with van der Waals surface area (Å²) >= 11 is 0. The first kappa shape index (κ1) is 15.8. The summed E-state index contributed by atoms with van der Waals surface area (Å²) in [6.07, 6.45) is 5.66. The average molecular weight is 339 g/mol. The summed E-state index contributed by atoms with van der Waals surface area (Å²) in [4.78, 5) is 14.3. The molecule has 3 aromatic rings. The third-order valence-electron chi connectivity index (χ3n) is 4.68. The third kappa shape index (κ3) is 3.41. The second kappa shape index (κ2) is 7.06. The Balaban J connectivity index is 1.41. The Labute approximate surface area is 146 Å². The Morgan fingerprint density at radius 3 is 2.88 bits per heavy atom. The first-order valence-electron chi connectivity index (χ1n) is 8.50. The highest BCUT2D eigenvalue weighted by Gasteiger charge is 2.25. The molecule has 1 fully saturated rings. The minimum absolute atomic E-state index is 0.338. The minimum Gasteiger partial charge on any atom is -0.496 e. The Morgan fingerprint density at radius 1 is 1.28 bits per heavy atom. The fourth-order valence-corrected chi connectivity index (χ4v) is 3.29. The van der Waals surface area contributed by atoms with Gasteiger partial charge in [-0.15, -0.1) is 0 Å². The van der Waals surface area contributed by atoms with E-state index in [4.69, 9.17) is 9.26 Å². The van der Waals surface area contributed by atoms with Crippen molar-refractivity contribution < 1.29 is 9.26 Å². The van der Waals surface area contributed by atoms with Crippen molar-refractivity contribution in [2.45, 2.75) is 25.3 Å². The third-order valence-corrected chi connectivity index (χ3v) is 4.68. The van der Waals surface area contributed by atoms with Crippen LogP contribution >= 0.6 is 0 Å². The molecule has 1 aliphatic rings. The summed E-state index contributed by atoms with van der Waals surface area (Å²) in [5, 5.41) is 4.22. The Morgan fingerprint density at radius 2 is 2.12 bits per heavy atom. The monoisotopic (exact) mass is 339 g/mol. The number of hydrogen-bond donors (Lipinski definition) is 1. The van der Waals surface area contributed by atoms with Gasteiger partial charge in [0.2, 0.25) is 0 Å². The largest absolute Gasteiger partial charge is 0.496 e.